The molecule has 4 nitrogen and oxygen atoms in total. The predicted molar refractivity (Wildman–Crippen MR) is 71.5 cm³/mol. The van der Waals surface area contributed by atoms with Crippen LogP contribution in [0.4, 0.5) is 5.69 Å². The van der Waals surface area contributed by atoms with Gasteiger partial charge in [-0.2, -0.15) is 0 Å². The van der Waals surface area contributed by atoms with Gasteiger partial charge in [-0.1, -0.05) is 0 Å². The van der Waals surface area contributed by atoms with Crippen LogP contribution in [0, 0.1) is 12.3 Å². The van der Waals surface area contributed by atoms with E-state index in [4.69, 9.17) is 9.47 Å². The molecule has 0 aromatic heterocycles. The summed E-state index contributed by atoms with van der Waals surface area (Å²) in [5.41, 5.74) is 2.24. The van der Waals surface area contributed by atoms with Crippen molar-refractivity contribution in [3.8, 4) is 11.5 Å². The number of anilines is 1. The van der Waals surface area contributed by atoms with E-state index in [0.29, 0.717) is 0 Å². The fourth-order valence-corrected chi connectivity index (χ4v) is 2.02. The predicted octanol–water partition coefficient (Wildman–Crippen LogP) is 2.20. The molecule has 2 rings (SSSR count). The lowest BCUT2D eigenvalue weighted by molar-refractivity contribution is 0.220. The Kier molecular flexibility index (Phi) is 3.66. The average Bonchev–Trinajstić information content (AvgIpc) is 3.17. The van der Waals surface area contributed by atoms with Crippen molar-refractivity contribution in [1.82, 2.24) is 0 Å². The summed E-state index contributed by atoms with van der Waals surface area (Å²) in [6.45, 7) is 3.09. The smallest absolute Gasteiger partial charge is 0.162 e. The van der Waals surface area contributed by atoms with E-state index in [2.05, 4.69) is 5.32 Å². The van der Waals surface area contributed by atoms with Crippen molar-refractivity contribution in [1.29, 1.82) is 0 Å². The molecule has 0 heterocycles. The molecule has 1 fully saturated rings. The highest BCUT2D eigenvalue weighted by Gasteiger charge is 2.41. The number of benzene rings is 1. The summed E-state index contributed by atoms with van der Waals surface area (Å²) in [6.07, 6.45) is 2.20. The maximum absolute atomic E-state index is 9.30. The largest absolute Gasteiger partial charge is 0.493 e. The zero-order valence-electron chi connectivity index (χ0n) is 11.2. The molecular formula is C14H21NO3. The normalized spacial score (nSPS) is 16.2. The molecule has 0 radical (unpaired) electrons. The first kappa shape index (κ1) is 13.0. The summed E-state index contributed by atoms with van der Waals surface area (Å²) in [7, 11) is 3.27. The summed E-state index contributed by atoms with van der Waals surface area (Å²) in [6, 6.07) is 3.90. The van der Waals surface area contributed by atoms with Gasteiger partial charge in [0.1, 0.15) is 0 Å². The molecule has 0 bridgehead atoms. The zero-order chi connectivity index (χ0) is 13.2. The lowest BCUT2D eigenvalue weighted by Gasteiger charge is -2.17. The van der Waals surface area contributed by atoms with Crippen molar-refractivity contribution in [2.45, 2.75) is 19.8 Å². The van der Waals surface area contributed by atoms with Crippen molar-refractivity contribution in [3.05, 3.63) is 17.7 Å². The highest BCUT2D eigenvalue weighted by molar-refractivity contribution is 5.60. The average molecular weight is 251 g/mol. The van der Waals surface area contributed by atoms with E-state index in [1.54, 1.807) is 14.2 Å². The van der Waals surface area contributed by atoms with Gasteiger partial charge in [-0.15, -0.1) is 0 Å². The number of methoxy groups -OCH3 is 2. The number of hydrogen-bond acceptors (Lipinski definition) is 4. The van der Waals surface area contributed by atoms with Crippen LogP contribution in [0.5, 0.6) is 11.5 Å². The van der Waals surface area contributed by atoms with Crippen LogP contribution in [-0.4, -0.2) is 32.5 Å². The molecule has 2 N–H and O–H groups in total. The van der Waals surface area contributed by atoms with Gasteiger partial charge in [-0.3, -0.25) is 0 Å². The van der Waals surface area contributed by atoms with Crippen molar-refractivity contribution in [2.75, 3.05) is 32.7 Å². The van der Waals surface area contributed by atoms with Crippen LogP contribution in [0.1, 0.15) is 18.4 Å². The maximum atomic E-state index is 9.30. The standard InChI is InChI=1S/C14H21NO3/c1-10-6-12(17-2)13(18-3)7-11(10)15-8-14(9-16)4-5-14/h6-7,15-16H,4-5,8-9H2,1-3H3. The van der Waals surface area contributed by atoms with E-state index in [1.165, 1.54) is 0 Å². The van der Waals surface area contributed by atoms with Crippen LogP contribution < -0.4 is 14.8 Å². The first-order valence-electron chi connectivity index (χ1n) is 6.21. The fourth-order valence-electron chi connectivity index (χ4n) is 2.02. The molecule has 18 heavy (non-hydrogen) atoms. The van der Waals surface area contributed by atoms with Gasteiger partial charge in [0.25, 0.3) is 0 Å². The topological polar surface area (TPSA) is 50.7 Å². The van der Waals surface area contributed by atoms with Gasteiger partial charge in [-0.25, -0.2) is 0 Å². The molecule has 100 valence electrons. The number of rotatable bonds is 6. The van der Waals surface area contributed by atoms with Gasteiger partial charge >= 0.3 is 0 Å². The summed E-state index contributed by atoms with van der Waals surface area (Å²) in [4.78, 5) is 0. The minimum absolute atomic E-state index is 0.0968. The Morgan fingerprint density at radius 3 is 2.33 bits per heavy atom. The molecule has 0 amide bonds. The highest BCUT2D eigenvalue weighted by Crippen LogP contribution is 2.45. The molecule has 1 aliphatic carbocycles. The molecule has 1 aliphatic rings. The van der Waals surface area contributed by atoms with Crippen LogP contribution in [0.2, 0.25) is 0 Å². The van der Waals surface area contributed by atoms with Gasteiger partial charge in [0.2, 0.25) is 0 Å². The number of ether oxygens (including phenoxy) is 2. The SMILES string of the molecule is COc1cc(C)c(NCC2(CO)CC2)cc1OC. The number of aryl methyl sites for hydroxylation is 1. The second-order valence-corrected chi connectivity index (χ2v) is 5.03. The summed E-state index contributed by atoms with van der Waals surface area (Å²) in [5, 5.41) is 12.7. The van der Waals surface area contributed by atoms with Gasteiger partial charge in [-0.05, 0) is 31.4 Å². The summed E-state index contributed by atoms with van der Waals surface area (Å²) < 4.78 is 10.5. The molecule has 1 saturated carbocycles. The Morgan fingerprint density at radius 1 is 1.22 bits per heavy atom. The third kappa shape index (κ3) is 2.53. The Bertz CT molecular complexity index is 427. The Hall–Kier alpha value is -1.42. The molecular weight excluding hydrogens is 230 g/mol. The van der Waals surface area contributed by atoms with E-state index in [-0.39, 0.29) is 12.0 Å². The summed E-state index contributed by atoms with van der Waals surface area (Å²) >= 11 is 0. The van der Waals surface area contributed by atoms with Crippen LogP contribution >= 0.6 is 0 Å². The number of nitrogens with one attached hydrogen (secondary N) is 1. The molecule has 0 saturated heterocycles. The number of aliphatic hydroxyl groups is 1. The van der Waals surface area contributed by atoms with Crippen molar-refractivity contribution in [2.24, 2.45) is 5.41 Å². The maximum Gasteiger partial charge on any atom is 0.162 e. The van der Waals surface area contributed by atoms with E-state index in [9.17, 15) is 5.11 Å². The zero-order valence-corrected chi connectivity index (χ0v) is 11.2. The van der Waals surface area contributed by atoms with Crippen LogP contribution in [0.25, 0.3) is 0 Å². The Balaban J connectivity index is 2.12. The highest BCUT2D eigenvalue weighted by atomic mass is 16.5. The van der Waals surface area contributed by atoms with E-state index < -0.39 is 0 Å². The second kappa shape index (κ2) is 5.06. The van der Waals surface area contributed by atoms with Crippen LogP contribution in [0.15, 0.2) is 12.1 Å². The fraction of sp³-hybridized carbons (Fsp3) is 0.571. The molecule has 0 aliphatic heterocycles. The molecule has 0 spiro atoms. The number of aliphatic hydroxyl groups excluding tert-OH is 1. The molecule has 0 atom stereocenters. The summed E-state index contributed by atoms with van der Waals surface area (Å²) in [5.74, 6) is 1.46. The van der Waals surface area contributed by atoms with Gasteiger partial charge in [0.15, 0.2) is 11.5 Å². The number of hydrogen-bond donors (Lipinski definition) is 2. The third-order valence-electron chi connectivity index (χ3n) is 3.68. The monoisotopic (exact) mass is 251 g/mol. The Labute approximate surface area is 108 Å². The first-order chi connectivity index (χ1) is 8.64. The first-order valence-corrected chi connectivity index (χ1v) is 6.21. The lowest BCUT2D eigenvalue weighted by atomic mass is 10.1. The van der Waals surface area contributed by atoms with E-state index in [0.717, 1.165) is 42.1 Å². The minimum Gasteiger partial charge on any atom is -0.493 e. The van der Waals surface area contributed by atoms with Gasteiger partial charge < -0.3 is 19.9 Å². The van der Waals surface area contributed by atoms with E-state index >= 15 is 0 Å². The van der Waals surface area contributed by atoms with Crippen molar-refractivity contribution >= 4 is 5.69 Å². The molecule has 4 heteroatoms. The lowest BCUT2D eigenvalue weighted by Crippen LogP contribution is -2.19. The van der Waals surface area contributed by atoms with Gasteiger partial charge in [0, 0.05) is 23.7 Å². The van der Waals surface area contributed by atoms with Crippen molar-refractivity contribution in [3.63, 3.8) is 0 Å². The van der Waals surface area contributed by atoms with Crippen LogP contribution in [-0.2, 0) is 0 Å². The van der Waals surface area contributed by atoms with E-state index in [1.807, 2.05) is 19.1 Å². The molecule has 1 aromatic rings. The molecule has 1 aromatic carbocycles. The van der Waals surface area contributed by atoms with Gasteiger partial charge in [0.05, 0.1) is 20.8 Å². The van der Waals surface area contributed by atoms with Crippen molar-refractivity contribution < 1.29 is 14.6 Å². The third-order valence-corrected chi connectivity index (χ3v) is 3.68. The quantitative estimate of drug-likeness (QED) is 0.813. The molecule has 0 unspecified atom stereocenters. The van der Waals surface area contributed by atoms with Crippen LogP contribution in [0.3, 0.4) is 0 Å². The minimum atomic E-state index is 0.0968. The Morgan fingerprint density at radius 2 is 1.83 bits per heavy atom. The second-order valence-electron chi connectivity index (χ2n) is 5.03.